The second-order valence-corrected chi connectivity index (χ2v) is 29.5. The molecule has 0 unspecified atom stereocenters. The minimum atomic E-state index is -2.96. The Hall–Kier alpha value is -2.83. The van der Waals surface area contributed by atoms with Crippen molar-refractivity contribution in [1.29, 1.82) is 0 Å². The van der Waals surface area contributed by atoms with Gasteiger partial charge in [-0.05, 0) is 0 Å². The molecule has 0 N–H and O–H groups in total. The molecule has 4 aromatic rings. The molecule has 0 nitrogen and oxygen atoms in total. The minimum absolute atomic E-state index is 0. The average Bonchev–Trinajstić information content (AvgIpc) is 3.87. The Kier molecular flexibility index (Phi) is 12.0. The first-order valence-corrected chi connectivity index (χ1v) is 25.8. The molecule has 0 bridgehead atoms. The van der Waals surface area contributed by atoms with Crippen LogP contribution in [-0.4, -0.2) is 3.21 Å². The molecule has 4 aromatic carbocycles. The van der Waals surface area contributed by atoms with Gasteiger partial charge in [0.1, 0.15) is 0 Å². The summed E-state index contributed by atoms with van der Waals surface area (Å²) in [7, 11) is 0. The van der Waals surface area contributed by atoms with E-state index in [1.807, 2.05) is 0 Å². The molecule has 0 saturated carbocycles. The molecule has 0 heterocycles. The van der Waals surface area contributed by atoms with E-state index in [4.69, 9.17) is 0 Å². The Morgan fingerprint density at radius 2 is 0.900 bits per heavy atom. The number of halogens is 2. The first kappa shape index (κ1) is 46.7. The van der Waals surface area contributed by atoms with Crippen molar-refractivity contribution in [1.82, 2.24) is 0 Å². The van der Waals surface area contributed by atoms with Gasteiger partial charge < -0.3 is 24.8 Å². The van der Waals surface area contributed by atoms with Crippen LogP contribution in [0.4, 0.5) is 0 Å². The summed E-state index contributed by atoms with van der Waals surface area (Å²) in [6.45, 7) is 38.1. The third-order valence-corrected chi connectivity index (χ3v) is 21.9. The van der Waals surface area contributed by atoms with Crippen LogP contribution < -0.4 is 24.8 Å². The van der Waals surface area contributed by atoms with Crippen molar-refractivity contribution in [2.75, 3.05) is 0 Å². The zero-order valence-corrected chi connectivity index (χ0v) is 43.3. The van der Waals surface area contributed by atoms with E-state index in [-0.39, 0.29) is 57.3 Å². The van der Waals surface area contributed by atoms with E-state index in [0.717, 1.165) is 6.42 Å². The monoisotopic (exact) mass is 912 g/mol. The number of rotatable bonds is 4. The Morgan fingerprint density at radius 1 is 0.517 bits per heavy atom. The van der Waals surface area contributed by atoms with Crippen LogP contribution in [0, 0.1) is 10.8 Å². The summed E-state index contributed by atoms with van der Waals surface area (Å²) in [6, 6.07) is 30.3. The molecule has 0 fully saturated rings. The summed E-state index contributed by atoms with van der Waals surface area (Å²) in [6.07, 6.45) is 13.5. The van der Waals surface area contributed by atoms with Crippen LogP contribution in [0.15, 0.2) is 106 Å². The molecule has 0 aliphatic heterocycles. The summed E-state index contributed by atoms with van der Waals surface area (Å²) < 4.78 is 3.67. The zero-order chi connectivity index (χ0) is 42.1. The molecule has 0 saturated heterocycles. The van der Waals surface area contributed by atoms with Crippen LogP contribution >= 0.6 is 0 Å². The smallest absolute Gasteiger partial charge is 1.00 e. The average molecular weight is 915 g/mol. The predicted octanol–water partition coefficient (Wildman–Crippen LogP) is 9.53. The number of fused-ring (bicyclic) bond motifs is 5. The fourth-order valence-corrected chi connectivity index (χ4v) is 19.3. The molecule has 4 aliphatic carbocycles. The third-order valence-electron chi connectivity index (χ3n) is 13.6. The van der Waals surface area contributed by atoms with Gasteiger partial charge in [0.15, 0.2) is 0 Å². The molecule has 0 atom stereocenters. The Balaban J connectivity index is 0.00000302. The Labute approximate surface area is 384 Å². The van der Waals surface area contributed by atoms with Crippen molar-refractivity contribution in [3.63, 3.8) is 0 Å². The van der Waals surface area contributed by atoms with Crippen molar-refractivity contribution in [3.05, 3.63) is 162 Å². The van der Waals surface area contributed by atoms with Gasteiger partial charge in [-0.25, -0.2) is 0 Å². The van der Waals surface area contributed by atoms with Gasteiger partial charge in [0.05, 0.1) is 0 Å². The van der Waals surface area contributed by atoms with Gasteiger partial charge in [-0.15, -0.1) is 0 Å². The number of allylic oxidation sites excluding steroid dienone is 8. The van der Waals surface area contributed by atoms with Crippen molar-refractivity contribution < 1.29 is 46.1 Å². The fraction of sp³-hybridized carbons (Fsp3) is 0.421. The first-order valence-electron chi connectivity index (χ1n) is 21.9. The topological polar surface area (TPSA) is 0 Å². The molecule has 0 radical (unpaired) electrons. The van der Waals surface area contributed by atoms with Gasteiger partial charge in [0.2, 0.25) is 0 Å². The fourth-order valence-electron chi connectivity index (χ4n) is 10.3. The van der Waals surface area contributed by atoms with E-state index >= 15 is 0 Å². The molecular formula is C57H68Cl2Zr. The predicted molar refractivity (Wildman–Crippen MR) is 250 cm³/mol. The van der Waals surface area contributed by atoms with Crippen molar-refractivity contribution >= 4 is 14.4 Å². The maximum Gasteiger partial charge on any atom is -1.00 e. The van der Waals surface area contributed by atoms with E-state index in [1.165, 1.54) is 66.8 Å². The molecule has 0 aromatic heterocycles. The molecule has 3 heteroatoms. The first-order chi connectivity index (χ1) is 26.8. The normalized spacial score (nSPS) is 17.3. The quantitative estimate of drug-likeness (QED) is 0.192. The largest absolute Gasteiger partial charge is 1.00 e. The third kappa shape index (κ3) is 8.01. The summed E-state index contributed by atoms with van der Waals surface area (Å²) in [4.78, 5) is 0. The van der Waals surface area contributed by atoms with Crippen molar-refractivity contribution in [2.24, 2.45) is 10.8 Å². The second kappa shape index (κ2) is 15.5. The summed E-state index contributed by atoms with van der Waals surface area (Å²) in [5.41, 5.74) is 20.8. The summed E-state index contributed by atoms with van der Waals surface area (Å²) >= 11 is -2.96. The number of hydrogen-bond acceptors (Lipinski definition) is 0. The van der Waals surface area contributed by atoms with E-state index in [2.05, 4.69) is 214 Å². The Bertz CT molecular complexity index is 2360. The van der Waals surface area contributed by atoms with Crippen LogP contribution in [0.2, 0.25) is 0 Å². The standard InChI is InChI=1S/C31H37.C21H26.C5H5.2ClH.Zr/c1-28(2,3)26-16-30(7,8)24-12-18-11-19-13-25-23(15-21(19)20(18)14-22(24)26)27(29(4,5)6)17-31(25,9)10;1-20(2,3)18-11-7-16(8-12-18)15-17-9-13-19(14-10-17)21(4,5)6;1-2-4-5-3-1;;;/h11-17H,1-10H3;7-14H,1-6H3;1-3H,4H2;2*1H;/q;;;;;+2/p-2. The van der Waals surface area contributed by atoms with Gasteiger partial charge in [-0.2, -0.15) is 0 Å². The molecule has 4 aliphatic rings. The molecule has 8 rings (SSSR count). The van der Waals surface area contributed by atoms with Gasteiger partial charge in [-0.3, -0.25) is 0 Å². The van der Waals surface area contributed by atoms with Crippen molar-refractivity contribution in [3.8, 4) is 11.1 Å². The van der Waals surface area contributed by atoms with E-state index in [1.54, 1.807) is 17.6 Å². The van der Waals surface area contributed by atoms with Crippen LogP contribution in [-0.2, 0) is 42.9 Å². The van der Waals surface area contributed by atoms with Crippen LogP contribution in [0.5, 0.6) is 0 Å². The summed E-state index contributed by atoms with van der Waals surface area (Å²) in [5.74, 6) is 0. The molecule has 0 spiro atoms. The number of hydrogen-bond donors (Lipinski definition) is 0. The Morgan fingerprint density at radius 3 is 1.22 bits per heavy atom. The molecule has 60 heavy (non-hydrogen) atoms. The molecular weight excluding hydrogens is 847 g/mol. The minimum Gasteiger partial charge on any atom is -1.00 e. The summed E-state index contributed by atoms with van der Waals surface area (Å²) in [5, 5.41) is 0. The zero-order valence-electron chi connectivity index (χ0n) is 39.4. The van der Waals surface area contributed by atoms with Crippen molar-refractivity contribution in [2.45, 2.75) is 142 Å². The maximum absolute atomic E-state index is 2.96. The molecule has 0 amide bonds. The van der Waals surface area contributed by atoms with Gasteiger partial charge >= 0.3 is 362 Å². The number of benzene rings is 4. The van der Waals surface area contributed by atoms with E-state index < -0.39 is 21.3 Å². The second-order valence-electron chi connectivity index (χ2n) is 23.2. The van der Waals surface area contributed by atoms with Crippen LogP contribution in [0.1, 0.15) is 176 Å². The van der Waals surface area contributed by atoms with E-state index in [9.17, 15) is 0 Å². The van der Waals surface area contributed by atoms with Gasteiger partial charge in [0, 0.05) is 0 Å². The van der Waals surface area contributed by atoms with Crippen LogP contribution in [0.25, 0.3) is 22.3 Å². The van der Waals surface area contributed by atoms with Gasteiger partial charge in [-0.1, -0.05) is 0 Å². The maximum atomic E-state index is 2.72. The SMILES string of the molecule is CC(C)(C)C1=CC(C)(C)c2cc3c(cc21)-c1cc2c(cc1[CH]3[Zr+2]([C]1=CC=CC1)=[C](c1ccc(C(C)(C)C)cc1)c1ccc(C(C)(C)C)cc1)C(C)(C)C=C2C(C)(C)C.[Cl-].[Cl-]. The molecule has 314 valence electrons. The van der Waals surface area contributed by atoms with Gasteiger partial charge in [0.25, 0.3) is 0 Å². The van der Waals surface area contributed by atoms with Crippen LogP contribution in [0.3, 0.4) is 0 Å². The van der Waals surface area contributed by atoms with E-state index in [0.29, 0.717) is 3.63 Å².